The van der Waals surface area contributed by atoms with Gasteiger partial charge in [-0.05, 0) is 51.0 Å². The van der Waals surface area contributed by atoms with Crippen molar-refractivity contribution >= 4 is 17.2 Å². The highest BCUT2D eigenvalue weighted by Gasteiger charge is 2.16. The number of amides is 1. The van der Waals surface area contributed by atoms with E-state index in [4.69, 9.17) is 4.74 Å². The van der Waals surface area contributed by atoms with Crippen molar-refractivity contribution in [3.63, 3.8) is 0 Å². The number of aliphatic hydroxyl groups is 1. The van der Waals surface area contributed by atoms with Crippen LogP contribution in [0, 0.1) is 6.92 Å². The molecule has 0 saturated heterocycles. The second kappa shape index (κ2) is 8.80. The number of thiazole rings is 1. The van der Waals surface area contributed by atoms with Crippen molar-refractivity contribution in [3.8, 4) is 16.3 Å². The van der Waals surface area contributed by atoms with E-state index in [1.165, 1.54) is 11.3 Å². The molecule has 1 unspecified atom stereocenters. The Balaban J connectivity index is 2.04. The van der Waals surface area contributed by atoms with Crippen molar-refractivity contribution in [2.75, 3.05) is 13.2 Å². The molecule has 2 rings (SSSR count). The van der Waals surface area contributed by atoms with Crippen LogP contribution in [0.2, 0.25) is 0 Å². The molecule has 0 bridgehead atoms. The third-order valence-corrected chi connectivity index (χ3v) is 4.85. The van der Waals surface area contributed by atoms with E-state index in [1.807, 2.05) is 45.0 Å². The van der Waals surface area contributed by atoms with Crippen molar-refractivity contribution in [2.24, 2.45) is 0 Å². The Hall–Kier alpha value is -1.92. The minimum atomic E-state index is -0.368. The first-order chi connectivity index (χ1) is 11.5. The number of aryl methyl sites for hydroxylation is 1. The van der Waals surface area contributed by atoms with Gasteiger partial charge in [-0.2, -0.15) is 0 Å². The van der Waals surface area contributed by atoms with E-state index in [-0.39, 0.29) is 12.0 Å². The fourth-order valence-electron chi connectivity index (χ4n) is 2.23. The van der Waals surface area contributed by atoms with Crippen LogP contribution in [0.5, 0.6) is 5.75 Å². The lowest BCUT2D eigenvalue weighted by atomic mass is 10.2. The highest BCUT2D eigenvalue weighted by atomic mass is 32.1. The van der Waals surface area contributed by atoms with Crippen LogP contribution in [0.4, 0.5) is 0 Å². The molecular weight excluding hydrogens is 324 g/mol. The molecule has 1 heterocycles. The van der Waals surface area contributed by atoms with Crippen LogP contribution in [0.3, 0.4) is 0 Å². The van der Waals surface area contributed by atoms with E-state index in [0.717, 1.165) is 22.0 Å². The predicted octanol–water partition coefficient (Wildman–Crippen LogP) is 3.41. The average molecular weight is 348 g/mol. The van der Waals surface area contributed by atoms with Gasteiger partial charge in [-0.1, -0.05) is 6.92 Å². The van der Waals surface area contributed by atoms with Gasteiger partial charge in [0, 0.05) is 12.1 Å². The normalized spacial score (nSPS) is 12.0. The van der Waals surface area contributed by atoms with Gasteiger partial charge in [-0.15, -0.1) is 11.3 Å². The van der Waals surface area contributed by atoms with E-state index in [0.29, 0.717) is 30.9 Å². The number of nitrogens with one attached hydrogen (secondary N) is 1. The molecule has 0 aliphatic rings. The van der Waals surface area contributed by atoms with Gasteiger partial charge < -0.3 is 15.2 Å². The lowest BCUT2D eigenvalue weighted by molar-refractivity contribution is 0.0945. The number of carbonyl (C=O) groups excluding carboxylic acids is 1. The molecule has 1 aromatic carbocycles. The van der Waals surface area contributed by atoms with Crippen LogP contribution in [0.25, 0.3) is 10.6 Å². The molecule has 6 heteroatoms. The number of aromatic nitrogens is 1. The van der Waals surface area contributed by atoms with Gasteiger partial charge in [-0.25, -0.2) is 4.98 Å². The van der Waals surface area contributed by atoms with Gasteiger partial charge in [0.2, 0.25) is 0 Å². The van der Waals surface area contributed by atoms with E-state index in [2.05, 4.69) is 10.3 Å². The van der Waals surface area contributed by atoms with Crippen LogP contribution in [-0.2, 0) is 0 Å². The molecule has 0 aliphatic carbocycles. The Morgan fingerprint density at radius 3 is 2.67 bits per heavy atom. The SMILES string of the molecule is CCOc1ccc(-c2nc(C)c(C(=O)NCCC(O)CC)s2)cc1. The maximum atomic E-state index is 12.3. The summed E-state index contributed by atoms with van der Waals surface area (Å²) in [6, 6.07) is 7.70. The fourth-order valence-corrected chi connectivity index (χ4v) is 3.22. The smallest absolute Gasteiger partial charge is 0.263 e. The molecule has 1 atom stereocenters. The lowest BCUT2D eigenvalue weighted by Gasteiger charge is -2.08. The number of rotatable bonds is 8. The van der Waals surface area contributed by atoms with Crippen LogP contribution in [0.1, 0.15) is 42.1 Å². The van der Waals surface area contributed by atoms with Crippen molar-refractivity contribution in [3.05, 3.63) is 34.8 Å². The van der Waals surface area contributed by atoms with Gasteiger partial charge in [0.25, 0.3) is 5.91 Å². The molecule has 1 aromatic heterocycles. The first-order valence-electron chi connectivity index (χ1n) is 8.22. The second-order valence-electron chi connectivity index (χ2n) is 5.50. The summed E-state index contributed by atoms with van der Waals surface area (Å²) < 4.78 is 5.44. The molecule has 0 saturated carbocycles. The summed E-state index contributed by atoms with van der Waals surface area (Å²) in [5, 5.41) is 13.2. The molecular formula is C18H24N2O3S. The van der Waals surface area contributed by atoms with Crippen LogP contribution in [0.15, 0.2) is 24.3 Å². The summed E-state index contributed by atoms with van der Waals surface area (Å²) in [7, 11) is 0. The summed E-state index contributed by atoms with van der Waals surface area (Å²) in [4.78, 5) is 17.4. The molecule has 0 spiro atoms. The molecule has 2 N–H and O–H groups in total. The molecule has 0 radical (unpaired) electrons. The second-order valence-corrected chi connectivity index (χ2v) is 6.50. The standard InChI is InChI=1S/C18H24N2O3S/c1-4-14(21)10-11-19-17(22)16-12(3)20-18(24-16)13-6-8-15(9-7-13)23-5-2/h6-9,14,21H,4-5,10-11H2,1-3H3,(H,19,22). The van der Waals surface area contributed by atoms with Gasteiger partial charge in [-0.3, -0.25) is 4.79 Å². The first-order valence-corrected chi connectivity index (χ1v) is 9.03. The topological polar surface area (TPSA) is 71.5 Å². The average Bonchev–Trinajstić information content (AvgIpc) is 2.97. The largest absolute Gasteiger partial charge is 0.494 e. The number of carbonyl (C=O) groups is 1. The van der Waals surface area contributed by atoms with Crippen LogP contribution < -0.4 is 10.1 Å². The summed E-state index contributed by atoms with van der Waals surface area (Å²) >= 11 is 1.38. The van der Waals surface area contributed by atoms with Crippen molar-refractivity contribution in [1.82, 2.24) is 10.3 Å². The summed E-state index contributed by atoms with van der Waals surface area (Å²) in [5.41, 5.74) is 1.68. The van der Waals surface area contributed by atoms with E-state index < -0.39 is 0 Å². The Morgan fingerprint density at radius 1 is 1.33 bits per heavy atom. The maximum absolute atomic E-state index is 12.3. The highest BCUT2D eigenvalue weighted by molar-refractivity contribution is 7.17. The minimum absolute atomic E-state index is 0.134. The highest BCUT2D eigenvalue weighted by Crippen LogP contribution is 2.29. The van der Waals surface area contributed by atoms with Crippen molar-refractivity contribution in [1.29, 1.82) is 0 Å². The van der Waals surface area contributed by atoms with Crippen molar-refractivity contribution < 1.29 is 14.6 Å². The number of hydrogen-bond acceptors (Lipinski definition) is 5. The van der Waals surface area contributed by atoms with Crippen LogP contribution in [-0.4, -0.2) is 35.3 Å². The van der Waals surface area contributed by atoms with Gasteiger partial charge in [0.15, 0.2) is 0 Å². The molecule has 0 fully saturated rings. The zero-order valence-electron chi connectivity index (χ0n) is 14.3. The molecule has 130 valence electrons. The first kappa shape index (κ1) is 18.4. The third-order valence-electron chi connectivity index (χ3n) is 3.65. The lowest BCUT2D eigenvalue weighted by Crippen LogP contribution is -2.26. The third kappa shape index (κ3) is 4.79. The summed E-state index contributed by atoms with van der Waals surface area (Å²) in [5.74, 6) is 0.687. The number of benzene rings is 1. The number of hydrogen-bond donors (Lipinski definition) is 2. The molecule has 1 amide bonds. The molecule has 24 heavy (non-hydrogen) atoms. The summed E-state index contributed by atoms with van der Waals surface area (Å²) in [6.45, 7) is 6.80. The number of nitrogens with zero attached hydrogens (tertiary/aromatic N) is 1. The zero-order valence-corrected chi connectivity index (χ0v) is 15.2. The Labute approximate surface area is 146 Å². The monoisotopic (exact) mass is 348 g/mol. The Bertz CT molecular complexity index is 667. The van der Waals surface area contributed by atoms with Crippen LogP contribution >= 0.6 is 11.3 Å². The maximum Gasteiger partial charge on any atom is 0.263 e. The van der Waals surface area contributed by atoms with Gasteiger partial charge in [0.1, 0.15) is 15.6 Å². The Kier molecular flexibility index (Phi) is 6.75. The van der Waals surface area contributed by atoms with E-state index >= 15 is 0 Å². The molecule has 0 aliphatic heterocycles. The number of ether oxygens (including phenoxy) is 1. The quantitative estimate of drug-likeness (QED) is 0.767. The minimum Gasteiger partial charge on any atom is -0.494 e. The predicted molar refractivity (Wildman–Crippen MR) is 96.7 cm³/mol. The summed E-state index contributed by atoms with van der Waals surface area (Å²) in [6.07, 6.45) is 0.885. The molecule has 5 nitrogen and oxygen atoms in total. The van der Waals surface area contributed by atoms with Crippen molar-refractivity contribution in [2.45, 2.75) is 39.7 Å². The fraction of sp³-hybridized carbons (Fsp3) is 0.444. The zero-order chi connectivity index (χ0) is 17.5. The number of aliphatic hydroxyl groups excluding tert-OH is 1. The Morgan fingerprint density at radius 2 is 2.04 bits per heavy atom. The van der Waals surface area contributed by atoms with E-state index in [1.54, 1.807) is 0 Å². The van der Waals surface area contributed by atoms with Gasteiger partial charge >= 0.3 is 0 Å². The van der Waals surface area contributed by atoms with E-state index in [9.17, 15) is 9.90 Å². The molecule has 2 aromatic rings. The van der Waals surface area contributed by atoms with Gasteiger partial charge in [0.05, 0.1) is 18.4 Å².